The van der Waals surface area contributed by atoms with Crippen LogP contribution in [0.3, 0.4) is 0 Å². The first-order valence-corrected chi connectivity index (χ1v) is 9.13. The summed E-state index contributed by atoms with van der Waals surface area (Å²) < 4.78 is 6.71. The lowest BCUT2D eigenvalue weighted by atomic mass is 10.3. The minimum absolute atomic E-state index is 0.320. The number of carbonyl (C=O) groups excluding carboxylic acids is 1. The van der Waals surface area contributed by atoms with Crippen molar-refractivity contribution >= 4 is 32.6 Å². The molecule has 1 aromatic heterocycles. The fourth-order valence-corrected chi connectivity index (χ4v) is 4.04. The number of nitrogens with zero attached hydrogens (tertiary/aromatic N) is 3. The van der Waals surface area contributed by atoms with Gasteiger partial charge in [0, 0.05) is 32.1 Å². The quantitative estimate of drug-likeness (QED) is 0.864. The molecule has 4 rings (SSSR count). The number of amides is 1. The summed E-state index contributed by atoms with van der Waals surface area (Å²) in [7, 11) is 0. The number of piperazine rings is 1. The van der Waals surface area contributed by atoms with E-state index in [1.807, 2.05) is 24.0 Å². The summed E-state index contributed by atoms with van der Waals surface area (Å²) in [6, 6.07) is 6.06. The first kappa shape index (κ1) is 14.8. The zero-order valence-electron chi connectivity index (χ0n) is 13.3. The predicted octanol–water partition coefficient (Wildman–Crippen LogP) is 2.75. The van der Waals surface area contributed by atoms with Crippen LogP contribution in [0, 0.1) is 5.92 Å². The second-order valence-electron chi connectivity index (χ2n) is 6.15. The standard InChI is InChI=1S/C17H21N3O2S/c1-2-22-13-5-6-14-15(11-13)23-17(18-14)20-9-7-19(8-10-20)16(21)12-3-4-12/h5-6,11-12H,2-4,7-10H2,1H3. The maximum atomic E-state index is 12.1. The lowest BCUT2D eigenvalue weighted by molar-refractivity contribution is -0.132. The summed E-state index contributed by atoms with van der Waals surface area (Å²) in [5.41, 5.74) is 1.02. The number of ether oxygens (including phenoxy) is 1. The van der Waals surface area contributed by atoms with Gasteiger partial charge in [0.2, 0.25) is 5.91 Å². The molecule has 5 nitrogen and oxygen atoms in total. The Morgan fingerprint density at radius 1 is 1.30 bits per heavy atom. The number of thiazole rings is 1. The molecule has 122 valence electrons. The zero-order valence-corrected chi connectivity index (χ0v) is 14.1. The molecule has 1 saturated heterocycles. The number of anilines is 1. The molecule has 1 aliphatic carbocycles. The van der Waals surface area contributed by atoms with E-state index < -0.39 is 0 Å². The molecule has 2 aromatic rings. The third-order valence-electron chi connectivity index (χ3n) is 4.45. The summed E-state index contributed by atoms with van der Waals surface area (Å²) in [4.78, 5) is 21.2. The zero-order chi connectivity index (χ0) is 15.8. The van der Waals surface area contributed by atoms with Crippen LogP contribution in [-0.4, -0.2) is 48.6 Å². The highest BCUT2D eigenvalue weighted by Crippen LogP contribution is 2.33. The van der Waals surface area contributed by atoms with Gasteiger partial charge in [-0.3, -0.25) is 4.79 Å². The summed E-state index contributed by atoms with van der Waals surface area (Å²) in [6.45, 7) is 6.04. The summed E-state index contributed by atoms with van der Waals surface area (Å²) >= 11 is 1.70. The van der Waals surface area contributed by atoms with Gasteiger partial charge in [0.05, 0.1) is 16.8 Å². The molecule has 1 aliphatic heterocycles. The van der Waals surface area contributed by atoms with Gasteiger partial charge in [0.15, 0.2) is 5.13 Å². The number of aromatic nitrogens is 1. The minimum Gasteiger partial charge on any atom is -0.494 e. The van der Waals surface area contributed by atoms with E-state index >= 15 is 0 Å². The highest BCUT2D eigenvalue weighted by Gasteiger charge is 2.34. The molecular formula is C17H21N3O2S. The molecule has 2 fully saturated rings. The van der Waals surface area contributed by atoms with Gasteiger partial charge in [0.1, 0.15) is 5.75 Å². The van der Waals surface area contributed by atoms with Crippen molar-refractivity contribution in [1.29, 1.82) is 0 Å². The fourth-order valence-electron chi connectivity index (χ4n) is 2.99. The summed E-state index contributed by atoms with van der Waals surface area (Å²) in [6.07, 6.45) is 2.16. The van der Waals surface area contributed by atoms with Crippen molar-refractivity contribution in [2.24, 2.45) is 5.92 Å². The number of hydrogen-bond acceptors (Lipinski definition) is 5. The van der Waals surface area contributed by atoms with Gasteiger partial charge in [-0.2, -0.15) is 0 Å². The average Bonchev–Trinajstić information content (AvgIpc) is 3.34. The number of benzene rings is 1. The van der Waals surface area contributed by atoms with Crippen molar-refractivity contribution in [1.82, 2.24) is 9.88 Å². The third-order valence-corrected chi connectivity index (χ3v) is 5.53. The van der Waals surface area contributed by atoms with Gasteiger partial charge in [-0.1, -0.05) is 11.3 Å². The molecule has 0 atom stereocenters. The number of carbonyl (C=O) groups is 1. The van der Waals surface area contributed by atoms with Gasteiger partial charge >= 0.3 is 0 Å². The molecule has 0 unspecified atom stereocenters. The Labute approximate surface area is 139 Å². The minimum atomic E-state index is 0.320. The SMILES string of the molecule is CCOc1ccc2nc(N3CCN(C(=O)C4CC4)CC3)sc2c1. The van der Waals surface area contributed by atoms with Crippen molar-refractivity contribution in [2.75, 3.05) is 37.7 Å². The van der Waals surface area contributed by atoms with E-state index in [-0.39, 0.29) is 0 Å². The molecule has 1 aromatic carbocycles. The highest BCUT2D eigenvalue weighted by atomic mass is 32.1. The molecule has 0 bridgehead atoms. The van der Waals surface area contributed by atoms with E-state index in [2.05, 4.69) is 11.0 Å². The van der Waals surface area contributed by atoms with Crippen LogP contribution in [-0.2, 0) is 4.79 Å². The van der Waals surface area contributed by atoms with E-state index in [1.165, 1.54) is 0 Å². The third kappa shape index (κ3) is 3.00. The first-order valence-electron chi connectivity index (χ1n) is 8.31. The van der Waals surface area contributed by atoms with Crippen LogP contribution in [0.4, 0.5) is 5.13 Å². The van der Waals surface area contributed by atoms with Gasteiger partial charge in [-0.25, -0.2) is 4.98 Å². The predicted molar refractivity (Wildman–Crippen MR) is 92.3 cm³/mol. The van der Waals surface area contributed by atoms with E-state index in [0.29, 0.717) is 18.4 Å². The molecule has 1 saturated carbocycles. The normalized spacial score (nSPS) is 18.5. The molecule has 1 amide bonds. The Bertz CT molecular complexity index is 718. The van der Waals surface area contributed by atoms with Crippen molar-refractivity contribution in [3.63, 3.8) is 0 Å². The summed E-state index contributed by atoms with van der Waals surface area (Å²) in [5, 5.41) is 1.05. The number of fused-ring (bicyclic) bond motifs is 1. The largest absolute Gasteiger partial charge is 0.494 e. The molecule has 2 heterocycles. The maximum Gasteiger partial charge on any atom is 0.225 e. The molecule has 0 N–H and O–H groups in total. The van der Waals surface area contributed by atoms with Crippen LogP contribution in [0.2, 0.25) is 0 Å². The second kappa shape index (κ2) is 6.00. The highest BCUT2D eigenvalue weighted by molar-refractivity contribution is 7.22. The van der Waals surface area contributed by atoms with Crippen molar-refractivity contribution in [2.45, 2.75) is 19.8 Å². The van der Waals surface area contributed by atoms with Crippen LogP contribution < -0.4 is 9.64 Å². The molecule has 6 heteroatoms. The van der Waals surface area contributed by atoms with Crippen molar-refractivity contribution < 1.29 is 9.53 Å². The lowest BCUT2D eigenvalue weighted by Crippen LogP contribution is -2.49. The maximum absolute atomic E-state index is 12.1. The van der Waals surface area contributed by atoms with Crippen molar-refractivity contribution in [3.05, 3.63) is 18.2 Å². The van der Waals surface area contributed by atoms with E-state index in [9.17, 15) is 4.79 Å². The molecule has 23 heavy (non-hydrogen) atoms. The second-order valence-corrected chi connectivity index (χ2v) is 7.15. The topological polar surface area (TPSA) is 45.7 Å². The van der Waals surface area contributed by atoms with Gasteiger partial charge in [-0.05, 0) is 38.0 Å². The lowest BCUT2D eigenvalue weighted by Gasteiger charge is -2.34. The van der Waals surface area contributed by atoms with E-state index in [0.717, 1.165) is 60.1 Å². The Morgan fingerprint density at radius 2 is 2.09 bits per heavy atom. The first-order chi connectivity index (χ1) is 11.2. The van der Waals surface area contributed by atoms with Gasteiger partial charge in [0.25, 0.3) is 0 Å². The molecule has 0 radical (unpaired) electrons. The van der Waals surface area contributed by atoms with Gasteiger partial charge in [-0.15, -0.1) is 0 Å². The van der Waals surface area contributed by atoms with E-state index in [1.54, 1.807) is 11.3 Å². The van der Waals surface area contributed by atoms with Crippen LogP contribution in [0.25, 0.3) is 10.2 Å². The Kier molecular flexibility index (Phi) is 3.85. The van der Waals surface area contributed by atoms with Crippen LogP contribution in [0.5, 0.6) is 5.75 Å². The summed E-state index contributed by atoms with van der Waals surface area (Å²) in [5.74, 6) is 1.58. The average molecular weight is 331 g/mol. The number of hydrogen-bond donors (Lipinski definition) is 0. The molecule has 2 aliphatic rings. The van der Waals surface area contributed by atoms with Gasteiger partial charge < -0.3 is 14.5 Å². The van der Waals surface area contributed by atoms with Crippen molar-refractivity contribution in [3.8, 4) is 5.75 Å². The molecular weight excluding hydrogens is 310 g/mol. The molecule has 0 spiro atoms. The Hall–Kier alpha value is -1.82. The van der Waals surface area contributed by atoms with Crippen LogP contribution in [0.1, 0.15) is 19.8 Å². The Balaban J connectivity index is 1.46. The monoisotopic (exact) mass is 331 g/mol. The van der Waals surface area contributed by atoms with E-state index in [4.69, 9.17) is 9.72 Å². The fraction of sp³-hybridized carbons (Fsp3) is 0.529. The number of rotatable bonds is 4. The smallest absolute Gasteiger partial charge is 0.225 e. The Morgan fingerprint density at radius 3 is 2.78 bits per heavy atom. The van der Waals surface area contributed by atoms with Crippen LogP contribution >= 0.6 is 11.3 Å². The van der Waals surface area contributed by atoms with Crippen LogP contribution in [0.15, 0.2) is 18.2 Å².